The highest BCUT2D eigenvalue weighted by Crippen LogP contribution is 2.17. The molecule has 0 spiro atoms. The molecule has 1 saturated heterocycles. The molecule has 2 heterocycles. The number of anilines is 1. The zero-order chi connectivity index (χ0) is 14.5. The number of hydrogen-bond acceptors (Lipinski definition) is 4. The van der Waals surface area contributed by atoms with E-state index in [1.165, 1.54) is 17.5 Å². The van der Waals surface area contributed by atoms with Crippen LogP contribution in [0.4, 0.5) is 5.69 Å². The number of rotatable bonds is 6. The molecule has 1 aromatic rings. The van der Waals surface area contributed by atoms with Gasteiger partial charge in [0, 0.05) is 19.1 Å². The van der Waals surface area contributed by atoms with E-state index < -0.39 is 0 Å². The van der Waals surface area contributed by atoms with E-state index in [1.54, 1.807) is 6.20 Å². The number of aromatic nitrogens is 2. The molecule has 1 unspecified atom stereocenters. The van der Waals surface area contributed by atoms with E-state index in [1.807, 2.05) is 6.92 Å². The maximum absolute atomic E-state index is 12.0. The zero-order valence-electron chi connectivity index (χ0n) is 12.2. The summed E-state index contributed by atoms with van der Waals surface area (Å²) in [7, 11) is 0. The van der Waals surface area contributed by atoms with Gasteiger partial charge in [0.2, 0.25) is 0 Å². The number of nitrogens with zero attached hydrogens (tertiary/aromatic N) is 3. The molecule has 0 aliphatic carbocycles. The highest BCUT2D eigenvalue weighted by atomic mass is 35.5. The summed E-state index contributed by atoms with van der Waals surface area (Å²) >= 11 is 6.13. The van der Waals surface area contributed by atoms with E-state index in [9.17, 15) is 4.79 Å². The summed E-state index contributed by atoms with van der Waals surface area (Å²) in [6, 6.07) is 0.437. The number of likely N-dealkylation sites (tertiary alicyclic amines) is 1. The van der Waals surface area contributed by atoms with Crippen LogP contribution < -0.4 is 10.9 Å². The van der Waals surface area contributed by atoms with Crippen molar-refractivity contribution in [2.75, 3.05) is 25.0 Å². The van der Waals surface area contributed by atoms with Gasteiger partial charge in [0.15, 0.2) is 0 Å². The van der Waals surface area contributed by atoms with E-state index >= 15 is 0 Å². The minimum atomic E-state index is -0.215. The van der Waals surface area contributed by atoms with Crippen molar-refractivity contribution in [3.05, 3.63) is 21.6 Å². The van der Waals surface area contributed by atoms with Crippen molar-refractivity contribution >= 4 is 17.3 Å². The van der Waals surface area contributed by atoms with Gasteiger partial charge in [-0.05, 0) is 39.3 Å². The van der Waals surface area contributed by atoms with Crippen molar-refractivity contribution in [1.29, 1.82) is 0 Å². The molecule has 0 radical (unpaired) electrons. The standard InChI is InChI=1S/C14H23ClN4O/c1-3-6-19-14(20)13(15)12(10-17-19)16-9-11(2)18-7-4-5-8-18/h10-11,16H,3-9H2,1-2H3. The second-order valence-corrected chi connectivity index (χ2v) is 5.75. The van der Waals surface area contributed by atoms with E-state index in [2.05, 4.69) is 22.2 Å². The highest BCUT2D eigenvalue weighted by molar-refractivity contribution is 6.32. The lowest BCUT2D eigenvalue weighted by Gasteiger charge is -2.24. The van der Waals surface area contributed by atoms with Crippen LogP contribution in [0.5, 0.6) is 0 Å². The maximum Gasteiger partial charge on any atom is 0.287 e. The SMILES string of the molecule is CCCn1ncc(NCC(C)N2CCCC2)c(Cl)c1=O. The average Bonchev–Trinajstić information content (AvgIpc) is 2.97. The summed E-state index contributed by atoms with van der Waals surface area (Å²) in [5, 5.41) is 7.64. The van der Waals surface area contributed by atoms with Crippen molar-refractivity contribution in [1.82, 2.24) is 14.7 Å². The van der Waals surface area contributed by atoms with Gasteiger partial charge in [0.25, 0.3) is 5.56 Å². The Bertz CT molecular complexity index is 496. The van der Waals surface area contributed by atoms with Gasteiger partial charge in [-0.2, -0.15) is 5.10 Å². The molecule has 1 aliphatic rings. The Morgan fingerprint density at radius 2 is 2.15 bits per heavy atom. The monoisotopic (exact) mass is 298 g/mol. The van der Waals surface area contributed by atoms with Crippen molar-refractivity contribution in [2.24, 2.45) is 0 Å². The molecule has 112 valence electrons. The van der Waals surface area contributed by atoms with E-state index in [0.29, 0.717) is 18.3 Å². The van der Waals surface area contributed by atoms with Gasteiger partial charge in [0.05, 0.1) is 11.9 Å². The first-order valence-corrected chi connectivity index (χ1v) is 7.74. The van der Waals surface area contributed by atoms with Gasteiger partial charge in [-0.15, -0.1) is 0 Å². The van der Waals surface area contributed by atoms with Crippen LogP contribution in [0.3, 0.4) is 0 Å². The lowest BCUT2D eigenvalue weighted by atomic mass is 10.3. The van der Waals surface area contributed by atoms with Gasteiger partial charge < -0.3 is 5.32 Å². The largest absolute Gasteiger partial charge is 0.381 e. The van der Waals surface area contributed by atoms with E-state index in [-0.39, 0.29) is 10.6 Å². The predicted molar refractivity (Wildman–Crippen MR) is 82.6 cm³/mol. The fourth-order valence-corrected chi connectivity index (χ4v) is 2.74. The number of hydrogen-bond donors (Lipinski definition) is 1. The molecule has 6 heteroatoms. The first-order chi connectivity index (χ1) is 9.63. The summed E-state index contributed by atoms with van der Waals surface area (Å²) in [5.74, 6) is 0. The number of nitrogens with one attached hydrogen (secondary N) is 1. The normalized spacial score (nSPS) is 17.4. The summed E-state index contributed by atoms with van der Waals surface area (Å²) in [5.41, 5.74) is 0.419. The average molecular weight is 299 g/mol. The molecule has 1 fully saturated rings. The van der Waals surface area contributed by atoms with E-state index in [0.717, 1.165) is 26.1 Å². The third-order valence-corrected chi connectivity index (χ3v) is 4.14. The Labute approximate surface area is 124 Å². The molecule has 0 aromatic carbocycles. The Balaban J connectivity index is 1.99. The molecular weight excluding hydrogens is 276 g/mol. The lowest BCUT2D eigenvalue weighted by Crippen LogP contribution is -2.36. The summed E-state index contributed by atoms with van der Waals surface area (Å²) in [6.45, 7) is 7.89. The summed E-state index contributed by atoms with van der Waals surface area (Å²) < 4.78 is 1.41. The molecule has 1 aromatic heterocycles. The van der Waals surface area contributed by atoms with Crippen molar-refractivity contribution in [3.8, 4) is 0 Å². The third-order valence-electron chi connectivity index (χ3n) is 3.77. The van der Waals surface area contributed by atoms with E-state index in [4.69, 9.17) is 11.6 Å². The van der Waals surface area contributed by atoms with Crippen LogP contribution >= 0.6 is 11.6 Å². The van der Waals surface area contributed by atoms with Crippen LogP contribution in [-0.4, -0.2) is 40.4 Å². The Morgan fingerprint density at radius 1 is 1.45 bits per heavy atom. The molecule has 2 rings (SSSR count). The Morgan fingerprint density at radius 3 is 2.80 bits per heavy atom. The second kappa shape index (κ2) is 7.09. The second-order valence-electron chi connectivity index (χ2n) is 5.37. The molecule has 1 aliphatic heterocycles. The van der Waals surface area contributed by atoms with Crippen LogP contribution in [-0.2, 0) is 6.54 Å². The summed E-state index contributed by atoms with van der Waals surface area (Å²) in [6.07, 6.45) is 5.07. The predicted octanol–water partition coefficient (Wildman–Crippen LogP) is 2.20. The number of halogens is 1. The van der Waals surface area contributed by atoms with Crippen LogP contribution in [0, 0.1) is 0 Å². The molecule has 1 N–H and O–H groups in total. The molecule has 5 nitrogen and oxygen atoms in total. The highest BCUT2D eigenvalue weighted by Gasteiger charge is 2.18. The maximum atomic E-state index is 12.0. The van der Waals surface area contributed by atoms with Crippen LogP contribution in [0.15, 0.2) is 11.0 Å². The number of aryl methyl sites for hydroxylation is 1. The van der Waals surface area contributed by atoms with Crippen molar-refractivity contribution in [3.63, 3.8) is 0 Å². The van der Waals surface area contributed by atoms with Gasteiger partial charge in [-0.1, -0.05) is 18.5 Å². The minimum absolute atomic E-state index is 0.215. The molecule has 0 amide bonds. The Kier molecular flexibility index (Phi) is 5.43. The smallest absolute Gasteiger partial charge is 0.287 e. The minimum Gasteiger partial charge on any atom is -0.381 e. The molecule has 0 saturated carbocycles. The fraction of sp³-hybridized carbons (Fsp3) is 0.714. The Hall–Kier alpha value is -1.07. The van der Waals surface area contributed by atoms with Crippen LogP contribution in [0.2, 0.25) is 5.02 Å². The quantitative estimate of drug-likeness (QED) is 0.875. The topological polar surface area (TPSA) is 50.2 Å². The van der Waals surface area contributed by atoms with Crippen LogP contribution in [0.25, 0.3) is 0 Å². The lowest BCUT2D eigenvalue weighted by molar-refractivity contribution is 0.269. The summed E-state index contributed by atoms with van der Waals surface area (Å²) in [4.78, 5) is 14.4. The molecule has 20 heavy (non-hydrogen) atoms. The van der Waals surface area contributed by atoms with Crippen molar-refractivity contribution in [2.45, 2.75) is 45.7 Å². The molecular formula is C14H23ClN4O. The van der Waals surface area contributed by atoms with Gasteiger partial charge in [-0.3, -0.25) is 9.69 Å². The first-order valence-electron chi connectivity index (χ1n) is 7.37. The van der Waals surface area contributed by atoms with Gasteiger partial charge >= 0.3 is 0 Å². The third kappa shape index (κ3) is 3.52. The van der Waals surface area contributed by atoms with Crippen molar-refractivity contribution < 1.29 is 0 Å². The fourth-order valence-electron chi connectivity index (χ4n) is 2.53. The van der Waals surface area contributed by atoms with Crippen LogP contribution in [0.1, 0.15) is 33.1 Å². The molecule has 0 bridgehead atoms. The molecule has 1 atom stereocenters. The zero-order valence-corrected chi connectivity index (χ0v) is 13.0. The van der Waals surface area contributed by atoms with Gasteiger partial charge in [0.1, 0.15) is 5.02 Å². The first kappa shape index (κ1) is 15.3. The van der Waals surface area contributed by atoms with Gasteiger partial charge in [-0.25, -0.2) is 4.68 Å².